The molecule has 1 aromatic carbocycles. The Morgan fingerprint density at radius 2 is 2.08 bits per heavy atom. The van der Waals surface area contributed by atoms with Crippen LogP contribution in [-0.4, -0.2) is 27.4 Å². The quantitative estimate of drug-likeness (QED) is 0.546. The van der Waals surface area contributed by atoms with E-state index in [1.807, 2.05) is 41.1 Å². The van der Waals surface area contributed by atoms with Crippen LogP contribution in [0.1, 0.15) is 11.5 Å². The molecule has 4 rings (SSSR count). The molecule has 0 fully saturated rings. The molecule has 126 valence electrons. The maximum atomic E-state index is 12.1. The van der Waals surface area contributed by atoms with E-state index in [1.165, 1.54) is 0 Å². The van der Waals surface area contributed by atoms with Crippen molar-refractivity contribution in [3.63, 3.8) is 0 Å². The Hall–Kier alpha value is -2.51. The minimum Gasteiger partial charge on any atom is -0.355 e. The van der Waals surface area contributed by atoms with Crippen LogP contribution >= 0.6 is 22.7 Å². The van der Waals surface area contributed by atoms with Crippen molar-refractivity contribution in [1.82, 2.24) is 20.3 Å². The summed E-state index contributed by atoms with van der Waals surface area (Å²) in [5.41, 5.74) is 3.90. The van der Waals surface area contributed by atoms with E-state index in [-0.39, 0.29) is 5.91 Å². The summed E-state index contributed by atoms with van der Waals surface area (Å²) in [5, 5.41) is 9.94. The molecule has 0 saturated carbocycles. The van der Waals surface area contributed by atoms with Crippen LogP contribution in [0.3, 0.4) is 0 Å². The van der Waals surface area contributed by atoms with Crippen molar-refractivity contribution in [2.45, 2.75) is 12.8 Å². The second-order valence-electron chi connectivity index (χ2n) is 5.63. The molecule has 0 unspecified atom stereocenters. The molecule has 0 aliphatic carbocycles. The number of aromatic amines is 1. The van der Waals surface area contributed by atoms with Crippen LogP contribution in [-0.2, 0) is 17.6 Å². The highest BCUT2D eigenvalue weighted by Crippen LogP contribution is 2.25. The van der Waals surface area contributed by atoms with Crippen LogP contribution in [0, 0.1) is 0 Å². The fraction of sp³-hybridized carbons (Fsp3) is 0.167. The van der Waals surface area contributed by atoms with E-state index in [0.29, 0.717) is 19.4 Å². The van der Waals surface area contributed by atoms with Gasteiger partial charge in [-0.25, -0.2) is 9.97 Å². The third-order valence-electron chi connectivity index (χ3n) is 3.78. The van der Waals surface area contributed by atoms with Crippen LogP contribution < -0.4 is 5.32 Å². The van der Waals surface area contributed by atoms with Crippen molar-refractivity contribution >= 4 is 39.6 Å². The van der Waals surface area contributed by atoms with Gasteiger partial charge in [-0.2, -0.15) is 11.3 Å². The number of para-hydroxylation sites is 2. The Kier molecular flexibility index (Phi) is 4.58. The van der Waals surface area contributed by atoms with Gasteiger partial charge in [-0.1, -0.05) is 12.1 Å². The number of benzene rings is 1. The van der Waals surface area contributed by atoms with Gasteiger partial charge in [-0.05, 0) is 23.6 Å². The Bertz CT molecular complexity index is 955. The normalized spacial score (nSPS) is 11.0. The summed E-state index contributed by atoms with van der Waals surface area (Å²) in [7, 11) is 0. The zero-order chi connectivity index (χ0) is 17.1. The number of amides is 1. The number of thiophene rings is 1. The third-order valence-corrected chi connectivity index (χ3v) is 5.41. The molecule has 3 aromatic heterocycles. The fourth-order valence-electron chi connectivity index (χ4n) is 2.58. The van der Waals surface area contributed by atoms with Crippen molar-refractivity contribution in [3.05, 3.63) is 58.0 Å². The van der Waals surface area contributed by atoms with E-state index in [9.17, 15) is 4.79 Å². The molecule has 1 amide bonds. The van der Waals surface area contributed by atoms with E-state index < -0.39 is 0 Å². The SMILES string of the molecule is O=C(Cc1csc(-c2ccsc2)n1)NCCc1nc2ccccc2[nH]1. The topological polar surface area (TPSA) is 70.7 Å². The maximum Gasteiger partial charge on any atom is 0.226 e. The van der Waals surface area contributed by atoms with Gasteiger partial charge in [0.1, 0.15) is 10.8 Å². The van der Waals surface area contributed by atoms with E-state index in [1.54, 1.807) is 22.7 Å². The summed E-state index contributed by atoms with van der Waals surface area (Å²) in [6, 6.07) is 9.96. The van der Waals surface area contributed by atoms with Crippen molar-refractivity contribution in [2.75, 3.05) is 6.54 Å². The first-order chi connectivity index (χ1) is 12.3. The first-order valence-electron chi connectivity index (χ1n) is 7.95. The smallest absolute Gasteiger partial charge is 0.226 e. The van der Waals surface area contributed by atoms with Crippen LogP contribution in [0.4, 0.5) is 0 Å². The fourth-order valence-corrected chi connectivity index (χ4v) is 4.11. The molecule has 5 nitrogen and oxygen atoms in total. The van der Waals surface area contributed by atoms with E-state index in [0.717, 1.165) is 33.1 Å². The van der Waals surface area contributed by atoms with Gasteiger partial charge < -0.3 is 10.3 Å². The average molecular weight is 368 g/mol. The number of aromatic nitrogens is 3. The predicted octanol–water partition coefficient (Wildman–Crippen LogP) is 3.65. The van der Waals surface area contributed by atoms with Crippen molar-refractivity contribution < 1.29 is 4.79 Å². The highest BCUT2D eigenvalue weighted by Gasteiger charge is 2.09. The second-order valence-corrected chi connectivity index (χ2v) is 7.27. The minimum absolute atomic E-state index is 0.0155. The Balaban J connectivity index is 1.29. The molecule has 0 aliphatic heterocycles. The molecule has 7 heteroatoms. The van der Waals surface area contributed by atoms with E-state index in [2.05, 4.69) is 25.6 Å². The number of rotatable bonds is 6. The zero-order valence-electron chi connectivity index (χ0n) is 13.4. The van der Waals surface area contributed by atoms with Crippen molar-refractivity contribution in [3.8, 4) is 10.6 Å². The van der Waals surface area contributed by atoms with Crippen LogP contribution in [0.5, 0.6) is 0 Å². The van der Waals surface area contributed by atoms with Gasteiger partial charge >= 0.3 is 0 Å². The zero-order valence-corrected chi connectivity index (χ0v) is 15.0. The van der Waals surface area contributed by atoms with Crippen molar-refractivity contribution in [1.29, 1.82) is 0 Å². The Morgan fingerprint density at radius 3 is 2.92 bits per heavy atom. The number of H-pyrrole nitrogens is 1. The number of imidazole rings is 1. The molecule has 4 aromatic rings. The average Bonchev–Trinajstić information content (AvgIpc) is 3.34. The third kappa shape index (κ3) is 3.78. The number of hydrogen-bond acceptors (Lipinski definition) is 5. The molecule has 2 N–H and O–H groups in total. The van der Waals surface area contributed by atoms with E-state index in [4.69, 9.17) is 0 Å². The van der Waals surface area contributed by atoms with Gasteiger partial charge in [0.25, 0.3) is 0 Å². The summed E-state index contributed by atoms with van der Waals surface area (Å²) >= 11 is 3.22. The van der Waals surface area contributed by atoms with Gasteiger partial charge in [-0.3, -0.25) is 4.79 Å². The van der Waals surface area contributed by atoms with Crippen LogP contribution in [0.2, 0.25) is 0 Å². The molecule has 0 spiro atoms. The monoisotopic (exact) mass is 368 g/mol. The lowest BCUT2D eigenvalue weighted by atomic mass is 10.3. The molecule has 3 heterocycles. The van der Waals surface area contributed by atoms with Crippen LogP contribution in [0.25, 0.3) is 21.6 Å². The highest BCUT2D eigenvalue weighted by atomic mass is 32.1. The number of carbonyl (C=O) groups is 1. The van der Waals surface area contributed by atoms with Gasteiger partial charge in [-0.15, -0.1) is 11.3 Å². The lowest BCUT2D eigenvalue weighted by molar-refractivity contribution is -0.120. The molecule has 0 aliphatic rings. The van der Waals surface area contributed by atoms with Gasteiger partial charge in [0.2, 0.25) is 5.91 Å². The Morgan fingerprint density at radius 1 is 1.16 bits per heavy atom. The lowest BCUT2D eigenvalue weighted by Crippen LogP contribution is -2.27. The largest absolute Gasteiger partial charge is 0.355 e. The number of nitrogens with one attached hydrogen (secondary N) is 2. The summed E-state index contributed by atoms with van der Waals surface area (Å²) in [4.78, 5) is 24.4. The summed E-state index contributed by atoms with van der Waals surface area (Å²) < 4.78 is 0. The lowest BCUT2D eigenvalue weighted by Gasteiger charge is -2.02. The Labute approximate surface area is 152 Å². The minimum atomic E-state index is -0.0155. The number of thiazole rings is 1. The maximum absolute atomic E-state index is 12.1. The molecule has 0 saturated heterocycles. The standard InChI is InChI=1S/C18H16N4OS2/c23-17(9-13-11-25-18(20-13)12-6-8-24-10-12)19-7-5-16-21-14-3-1-2-4-15(14)22-16/h1-4,6,8,10-11H,5,7,9H2,(H,19,23)(H,21,22). The summed E-state index contributed by atoms with van der Waals surface area (Å²) in [6.07, 6.45) is 0.985. The molecule has 0 bridgehead atoms. The molecule has 0 atom stereocenters. The van der Waals surface area contributed by atoms with Gasteiger partial charge in [0, 0.05) is 29.3 Å². The summed E-state index contributed by atoms with van der Waals surface area (Å²) in [6.45, 7) is 0.556. The molecule has 25 heavy (non-hydrogen) atoms. The number of carbonyl (C=O) groups excluding carboxylic acids is 1. The second kappa shape index (κ2) is 7.16. The predicted molar refractivity (Wildman–Crippen MR) is 102 cm³/mol. The number of nitrogens with zero attached hydrogens (tertiary/aromatic N) is 2. The first kappa shape index (κ1) is 16.0. The summed E-state index contributed by atoms with van der Waals surface area (Å²) in [5.74, 6) is 0.869. The molecular formula is C18H16N4OS2. The van der Waals surface area contributed by atoms with Gasteiger partial charge in [0.15, 0.2) is 0 Å². The van der Waals surface area contributed by atoms with Crippen molar-refractivity contribution in [2.24, 2.45) is 0 Å². The number of fused-ring (bicyclic) bond motifs is 1. The molecular weight excluding hydrogens is 352 g/mol. The molecule has 0 radical (unpaired) electrons. The van der Waals surface area contributed by atoms with Crippen LogP contribution in [0.15, 0.2) is 46.5 Å². The number of hydrogen-bond donors (Lipinski definition) is 2. The van der Waals surface area contributed by atoms with E-state index >= 15 is 0 Å². The van der Waals surface area contributed by atoms with Gasteiger partial charge in [0.05, 0.1) is 23.1 Å². The first-order valence-corrected chi connectivity index (χ1v) is 9.77. The highest BCUT2D eigenvalue weighted by molar-refractivity contribution is 7.14.